The van der Waals surface area contributed by atoms with E-state index < -0.39 is 0 Å². The van der Waals surface area contributed by atoms with Crippen LogP contribution in [0.3, 0.4) is 0 Å². The van der Waals surface area contributed by atoms with Gasteiger partial charge in [-0.25, -0.2) is 0 Å². The Kier molecular flexibility index (Phi) is 2.44. The zero-order valence-corrected chi connectivity index (χ0v) is 11.6. The van der Waals surface area contributed by atoms with Crippen molar-refractivity contribution in [3.05, 3.63) is 42.7 Å². The fourth-order valence-corrected chi connectivity index (χ4v) is 2.36. The number of nitrogens with zero attached hydrogens (tertiary/aromatic N) is 4. The van der Waals surface area contributed by atoms with Gasteiger partial charge in [-0.1, -0.05) is 0 Å². The van der Waals surface area contributed by atoms with Crippen molar-refractivity contribution in [3.8, 4) is 22.6 Å². The number of fused-ring (bicyclic) bond motifs is 1. The molecule has 104 valence electrons. The summed E-state index contributed by atoms with van der Waals surface area (Å²) in [6, 6.07) is 5.81. The van der Waals surface area contributed by atoms with Gasteiger partial charge in [0.05, 0.1) is 12.5 Å². The van der Waals surface area contributed by atoms with Crippen molar-refractivity contribution in [2.24, 2.45) is 7.05 Å². The van der Waals surface area contributed by atoms with Crippen LogP contribution in [0.1, 0.15) is 5.89 Å². The lowest BCUT2D eigenvalue weighted by Gasteiger charge is -1.97. The molecule has 0 spiro atoms. The number of furan rings is 1. The molecule has 1 aromatic carbocycles. The summed E-state index contributed by atoms with van der Waals surface area (Å²) in [6.45, 7) is 1.77. The van der Waals surface area contributed by atoms with E-state index >= 15 is 0 Å². The van der Waals surface area contributed by atoms with Gasteiger partial charge in [0.25, 0.3) is 0 Å². The monoisotopic (exact) mass is 280 g/mol. The lowest BCUT2D eigenvalue weighted by atomic mass is 10.1. The van der Waals surface area contributed by atoms with E-state index in [4.69, 9.17) is 8.83 Å². The van der Waals surface area contributed by atoms with Crippen LogP contribution in [-0.2, 0) is 7.05 Å². The summed E-state index contributed by atoms with van der Waals surface area (Å²) in [5, 5.41) is 13.1. The van der Waals surface area contributed by atoms with Gasteiger partial charge in [0.15, 0.2) is 0 Å². The van der Waals surface area contributed by atoms with Gasteiger partial charge in [-0.2, -0.15) is 5.10 Å². The number of aromatic nitrogens is 4. The van der Waals surface area contributed by atoms with Gasteiger partial charge in [0, 0.05) is 42.2 Å². The number of hydrogen-bond acceptors (Lipinski definition) is 5. The Balaban J connectivity index is 1.90. The molecule has 6 heteroatoms. The lowest BCUT2D eigenvalue weighted by molar-refractivity contribution is 0.533. The van der Waals surface area contributed by atoms with Gasteiger partial charge in [0.1, 0.15) is 5.58 Å². The molecular formula is C15H12N4O2. The maximum absolute atomic E-state index is 5.61. The van der Waals surface area contributed by atoms with Crippen molar-refractivity contribution in [2.45, 2.75) is 6.92 Å². The first-order valence-electron chi connectivity index (χ1n) is 6.51. The Hall–Kier alpha value is -2.89. The molecule has 0 unspecified atom stereocenters. The van der Waals surface area contributed by atoms with Gasteiger partial charge in [-0.15, -0.1) is 10.2 Å². The average molecular weight is 280 g/mol. The van der Waals surface area contributed by atoms with E-state index in [-0.39, 0.29) is 0 Å². The minimum Gasteiger partial charge on any atom is -0.464 e. The standard InChI is InChI=1S/C15H12N4O2/c1-9-17-18-15(21-9)10-3-4-14-12(5-10)13(8-20-14)11-6-16-19(2)7-11/h3-8H,1-2H3. The summed E-state index contributed by atoms with van der Waals surface area (Å²) in [5.41, 5.74) is 3.69. The first-order chi connectivity index (χ1) is 10.2. The fraction of sp³-hybridized carbons (Fsp3) is 0.133. The van der Waals surface area contributed by atoms with Crippen LogP contribution in [0, 0.1) is 6.92 Å². The third-order valence-electron chi connectivity index (χ3n) is 3.36. The number of aryl methyl sites for hydroxylation is 2. The third kappa shape index (κ3) is 1.92. The molecule has 0 N–H and O–H groups in total. The zero-order chi connectivity index (χ0) is 14.4. The van der Waals surface area contributed by atoms with E-state index in [1.807, 2.05) is 37.6 Å². The van der Waals surface area contributed by atoms with Gasteiger partial charge in [0.2, 0.25) is 11.8 Å². The molecule has 0 aliphatic heterocycles. The predicted molar refractivity (Wildman–Crippen MR) is 76.4 cm³/mol. The van der Waals surface area contributed by atoms with Crippen molar-refractivity contribution in [2.75, 3.05) is 0 Å². The third-order valence-corrected chi connectivity index (χ3v) is 3.36. The summed E-state index contributed by atoms with van der Waals surface area (Å²) in [5.74, 6) is 1.05. The molecule has 4 rings (SSSR count). The maximum Gasteiger partial charge on any atom is 0.247 e. The van der Waals surface area contributed by atoms with Crippen LogP contribution in [0.4, 0.5) is 0 Å². The number of rotatable bonds is 2. The highest BCUT2D eigenvalue weighted by molar-refractivity contribution is 5.95. The van der Waals surface area contributed by atoms with Crippen LogP contribution in [-0.4, -0.2) is 20.0 Å². The van der Waals surface area contributed by atoms with Crippen molar-refractivity contribution in [1.29, 1.82) is 0 Å². The Bertz CT molecular complexity index is 932. The topological polar surface area (TPSA) is 69.9 Å². The molecule has 0 aliphatic carbocycles. The summed E-state index contributed by atoms with van der Waals surface area (Å²) >= 11 is 0. The molecule has 0 aliphatic rings. The number of hydrogen-bond donors (Lipinski definition) is 0. The summed E-state index contributed by atoms with van der Waals surface area (Å²) < 4.78 is 12.8. The lowest BCUT2D eigenvalue weighted by Crippen LogP contribution is -1.84. The molecule has 0 saturated carbocycles. The van der Waals surface area contributed by atoms with Gasteiger partial charge in [-0.3, -0.25) is 4.68 Å². The maximum atomic E-state index is 5.61. The quantitative estimate of drug-likeness (QED) is 0.564. The van der Waals surface area contributed by atoms with Crippen LogP contribution in [0.5, 0.6) is 0 Å². The van der Waals surface area contributed by atoms with E-state index in [0.29, 0.717) is 11.8 Å². The fourth-order valence-electron chi connectivity index (χ4n) is 2.36. The highest BCUT2D eigenvalue weighted by Gasteiger charge is 2.13. The Morgan fingerprint density at radius 1 is 1.14 bits per heavy atom. The van der Waals surface area contributed by atoms with Crippen LogP contribution in [0.15, 0.2) is 45.7 Å². The highest BCUT2D eigenvalue weighted by Crippen LogP contribution is 2.33. The zero-order valence-electron chi connectivity index (χ0n) is 11.6. The molecule has 0 atom stereocenters. The molecule has 0 bridgehead atoms. The van der Waals surface area contributed by atoms with E-state index in [1.165, 1.54) is 0 Å². The van der Waals surface area contributed by atoms with Crippen molar-refractivity contribution < 1.29 is 8.83 Å². The Morgan fingerprint density at radius 3 is 2.76 bits per heavy atom. The molecule has 4 aromatic rings. The highest BCUT2D eigenvalue weighted by atomic mass is 16.4. The second kappa shape index (κ2) is 4.31. The summed E-state index contributed by atoms with van der Waals surface area (Å²) in [6.07, 6.45) is 5.51. The first kappa shape index (κ1) is 11.9. The molecule has 0 fully saturated rings. The van der Waals surface area contributed by atoms with Gasteiger partial charge in [-0.05, 0) is 18.2 Å². The van der Waals surface area contributed by atoms with E-state index in [9.17, 15) is 0 Å². The Morgan fingerprint density at radius 2 is 2.05 bits per heavy atom. The van der Waals surface area contributed by atoms with Crippen molar-refractivity contribution >= 4 is 11.0 Å². The van der Waals surface area contributed by atoms with Crippen LogP contribution in [0.25, 0.3) is 33.6 Å². The molecule has 21 heavy (non-hydrogen) atoms. The minimum absolute atomic E-state index is 0.507. The largest absolute Gasteiger partial charge is 0.464 e. The molecule has 0 radical (unpaired) electrons. The Labute approximate surface area is 120 Å². The molecule has 3 aromatic heterocycles. The molecule has 6 nitrogen and oxygen atoms in total. The summed E-state index contributed by atoms with van der Waals surface area (Å²) in [7, 11) is 1.89. The molecular weight excluding hydrogens is 268 g/mol. The SMILES string of the molecule is Cc1nnc(-c2ccc3occ(-c4cnn(C)c4)c3c2)o1. The second-order valence-corrected chi connectivity index (χ2v) is 4.89. The molecule has 3 heterocycles. The second-order valence-electron chi connectivity index (χ2n) is 4.89. The number of benzene rings is 1. The summed E-state index contributed by atoms with van der Waals surface area (Å²) in [4.78, 5) is 0. The van der Waals surface area contributed by atoms with Crippen LogP contribution in [0.2, 0.25) is 0 Å². The average Bonchev–Trinajstić information content (AvgIpc) is 3.17. The molecule has 0 saturated heterocycles. The van der Waals surface area contributed by atoms with Crippen molar-refractivity contribution in [3.63, 3.8) is 0 Å². The molecule has 0 amide bonds. The smallest absolute Gasteiger partial charge is 0.247 e. The van der Waals surface area contributed by atoms with Gasteiger partial charge >= 0.3 is 0 Å². The normalized spacial score (nSPS) is 11.3. The van der Waals surface area contributed by atoms with E-state index in [2.05, 4.69) is 15.3 Å². The predicted octanol–water partition coefficient (Wildman–Crippen LogP) is 3.19. The van der Waals surface area contributed by atoms with Gasteiger partial charge < -0.3 is 8.83 Å². The van der Waals surface area contributed by atoms with Crippen LogP contribution < -0.4 is 0 Å². The van der Waals surface area contributed by atoms with Crippen LogP contribution >= 0.6 is 0 Å². The first-order valence-corrected chi connectivity index (χ1v) is 6.51. The van der Waals surface area contributed by atoms with E-state index in [0.717, 1.165) is 27.7 Å². The minimum atomic E-state index is 0.507. The van der Waals surface area contributed by atoms with E-state index in [1.54, 1.807) is 17.9 Å². The van der Waals surface area contributed by atoms with Crippen molar-refractivity contribution in [1.82, 2.24) is 20.0 Å².